The van der Waals surface area contributed by atoms with Gasteiger partial charge < -0.3 is 9.67 Å². The van der Waals surface area contributed by atoms with Crippen LogP contribution in [0, 0.1) is 19.8 Å². The van der Waals surface area contributed by atoms with E-state index < -0.39 is 22.1 Å². The van der Waals surface area contributed by atoms with Crippen molar-refractivity contribution in [1.29, 1.82) is 0 Å². The average molecular weight is 330 g/mol. The van der Waals surface area contributed by atoms with Gasteiger partial charge in [0.15, 0.2) is 0 Å². The number of carbonyl (C=O) groups is 1. The molecular weight excluding hydrogens is 308 g/mol. The highest BCUT2D eigenvalue weighted by molar-refractivity contribution is 7.87. The van der Waals surface area contributed by atoms with Gasteiger partial charge in [0, 0.05) is 31.9 Å². The summed E-state index contributed by atoms with van der Waals surface area (Å²) in [4.78, 5) is 15.2. The van der Waals surface area contributed by atoms with Crippen molar-refractivity contribution in [2.45, 2.75) is 33.2 Å². The number of nitrogens with one attached hydrogen (secondary N) is 1. The lowest BCUT2D eigenvalue weighted by Crippen LogP contribution is -2.48. The van der Waals surface area contributed by atoms with Gasteiger partial charge in [-0.05, 0) is 26.7 Å². The Morgan fingerprint density at radius 2 is 2.23 bits per heavy atom. The van der Waals surface area contributed by atoms with Crippen LogP contribution >= 0.6 is 0 Å². The summed E-state index contributed by atoms with van der Waals surface area (Å²) < 4.78 is 30.1. The molecule has 124 valence electrons. The highest BCUT2D eigenvalue weighted by atomic mass is 32.2. The molecule has 8 nitrogen and oxygen atoms in total. The molecule has 0 aromatic carbocycles. The Morgan fingerprint density at radius 1 is 1.50 bits per heavy atom. The number of aliphatic carboxylic acids is 1. The maximum absolute atomic E-state index is 12.2. The van der Waals surface area contributed by atoms with Crippen LogP contribution in [-0.2, 0) is 21.5 Å². The predicted octanol–water partition coefficient (Wildman–Crippen LogP) is 0.131. The third-order valence-electron chi connectivity index (χ3n) is 4.06. The number of aryl methyl sites for hydroxylation is 1. The SMILES string of the molecule is Cc1ncn(CCNS(=O)(=O)N2CCCC(C(=O)O)C2)c1C. The molecule has 1 unspecified atom stereocenters. The molecule has 0 bridgehead atoms. The monoisotopic (exact) mass is 330 g/mol. The van der Waals surface area contributed by atoms with Gasteiger partial charge in [-0.3, -0.25) is 4.79 Å². The normalized spacial score (nSPS) is 20.2. The number of aromatic nitrogens is 2. The zero-order chi connectivity index (χ0) is 16.3. The Hall–Kier alpha value is -1.45. The summed E-state index contributed by atoms with van der Waals surface area (Å²) in [5.41, 5.74) is 1.92. The molecule has 1 atom stereocenters. The van der Waals surface area contributed by atoms with Crippen LogP contribution in [0.25, 0.3) is 0 Å². The average Bonchev–Trinajstić information content (AvgIpc) is 2.79. The van der Waals surface area contributed by atoms with Gasteiger partial charge >= 0.3 is 5.97 Å². The van der Waals surface area contributed by atoms with Crippen molar-refractivity contribution in [2.75, 3.05) is 19.6 Å². The maximum Gasteiger partial charge on any atom is 0.307 e. The van der Waals surface area contributed by atoms with Gasteiger partial charge in [-0.1, -0.05) is 0 Å². The van der Waals surface area contributed by atoms with E-state index in [2.05, 4.69) is 9.71 Å². The second kappa shape index (κ2) is 6.76. The molecule has 2 N–H and O–H groups in total. The van der Waals surface area contributed by atoms with E-state index in [1.165, 1.54) is 4.31 Å². The molecular formula is C13H22N4O4S. The van der Waals surface area contributed by atoms with Crippen molar-refractivity contribution >= 4 is 16.2 Å². The Balaban J connectivity index is 1.90. The topological polar surface area (TPSA) is 105 Å². The van der Waals surface area contributed by atoms with Gasteiger partial charge in [0.1, 0.15) is 0 Å². The minimum Gasteiger partial charge on any atom is -0.481 e. The number of rotatable bonds is 6. The van der Waals surface area contributed by atoms with Gasteiger partial charge in [-0.2, -0.15) is 12.7 Å². The highest BCUT2D eigenvalue weighted by Crippen LogP contribution is 2.18. The van der Waals surface area contributed by atoms with E-state index in [-0.39, 0.29) is 13.1 Å². The van der Waals surface area contributed by atoms with Crippen LogP contribution in [0.15, 0.2) is 6.33 Å². The van der Waals surface area contributed by atoms with Crippen molar-refractivity contribution in [1.82, 2.24) is 18.6 Å². The molecule has 1 aliphatic heterocycles. The summed E-state index contributed by atoms with van der Waals surface area (Å²) in [6.07, 6.45) is 2.77. The number of imidazole rings is 1. The van der Waals surface area contributed by atoms with E-state index in [9.17, 15) is 13.2 Å². The first kappa shape index (κ1) is 16.9. The van der Waals surface area contributed by atoms with E-state index in [0.29, 0.717) is 25.9 Å². The Bertz CT molecular complexity index is 640. The quantitative estimate of drug-likeness (QED) is 0.771. The van der Waals surface area contributed by atoms with Crippen molar-refractivity contribution < 1.29 is 18.3 Å². The number of hydrogen-bond donors (Lipinski definition) is 2. The summed E-state index contributed by atoms with van der Waals surface area (Å²) in [5.74, 6) is -1.56. The Morgan fingerprint density at radius 3 is 2.82 bits per heavy atom. The summed E-state index contributed by atoms with van der Waals surface area (Å²) in [7, 11) is -3.64. The second-order valence-corrected chi connectivity index (χ2v) is 7.30. The van der Waals surface area contributed by atoms with Crippen molar-refractivity contribution in [3.63, 3.8) is 0 Å². The Labute approximate surface area is 130 Å². The van der Waals surface area contributed by atoms with Crippen LogP contribution in [-0.4, -0.2) is 53.0 Å². The van der Waals surface area contributed by atoms with Crippen molar-refractivity contribution in [2.24, 2.45) is 5.92 Å². The summed E-state index contributed by atoms with van der Waals surface area (Å²) in [6, 6.07) is 0. The van der Waals surface area contributed by atoms with Crippen molar-refractivity contribution in [3.05, 3.63) is 17.7 Å². The fourth-order valence-corrected chi connectivity index (χ4v) is 3.80. The number of carboxylic acid groups (broad SMARTS) is 1. The summed E-state index contributed by atoms with van der Waals surface area (Å²) in [6.45, 7) is 4.96. The van der Waals surface area contributed by atoms with Gasteiger partial charge in [0.25, 0.3) is 10.2 Å². The molecule has 2 rings (SSSR count). The minimum atomic E-state index is -3.64. The van der Waals surface area contributed by atoms with Crippen LogP contribution in [0.4, 0.5) is 0 Å². The third kappa shape index (κ3) is 3.84. The third-order valence-corrected chi connectivity index (χ3v) is 5.64. The molecule has 1 aromatic rings. The zero-order valence-corrected chi connectivity index (χ0v) is 13.6. The smallest absolute Gasteiger partial charge is 0.307 e. The van der Waals surface area contributed by atoms with E-state index in [4.69, 9.17) is 5.11 Å². The van der Waals surface area contributed by atoms with Crippen LogP contribution in [0.5, 0.6) is 0 Å². The number of nitrogens with zero attached hydrogens (tertiary/aromatic N) is 3. The van der Waals surface area contributed by atoms with E-state index in [0.717, 1.165) is 11.4 Å². The molecule has 0 amide bonds. The minimum absolute atomic E-state index is 0.0356. The van der Waals surface area contributed by atoms with Crippen molar-refractivity contribution in [3.8, 4) is 0 Å². The van der Waals surface area contributed by atoms with Crippen LogP contribution in [0.1, 0.15) is 24.2 Å². The molecule has 0 aliphatic carbocycles. The number of hydrogen-bond acceptors (Lipinski definition) is 4. The molecule has 1 aliphatic rings. The van der Waals surface area contributed by atoms with Gasteiger partial charge in [0.2, 0.25) is 0 Å². The molecule has 1 fully saturated rings. The molecule has 1 saturated heterocycles. The first-order valence-corrected chi connectivity index (χ1v) is 8.71. The molecule has 1 aromatic heterocycles. The summed E-state index contributed by atoms with van der Waals surface area (Å²) >= 11 is 0. The molecule has 0 spiro atoms. The van der Waals surface area contributed by atoms with Gasteiger partial charge in [0.05, 0.1) is 17.9 Å². The largest absolute Gasteiger partial charge is 0.481 e. The lowest BCUT2D eigenvalue weighted by atomic mass is 10.0. The molecule has 0 saturated carbocycles. The fraction of sp³-hybridized carbons (Fsp3) is 0.692. The van der Waals surface area contributed by atoms with Gasteiger partial charge in [-0.15, -0.1) is 0 Å². The maximum atomic E-state index is 12.2. The number of piperidine rings is 1. The van der Waals surface area contributed by atoms with Gasteiger partial charge in [-0.25, -0.2) is 9.71 Å². The summed E-state index contributed by atoms with van der Waals surface area (Å²) in [5, 5.41) is 9.03. The Kier molecular flexibility index (Phi) is 5.20. The first-order valence-electron chi connectivity index (χ1n) is 7.27. The highest BCUT2D eigenvalue weighted by Gasteiger charge is 2.31. The van der Waals surface area contributed by atoms with E-state index >= 15 is 0 Å². The van der Waals surface area contributed by atoms with Crippen LogP contribution < -0.4 is 4.72 Å². The number of carboxylic acids is 1. The second-order valence-electron chi connectivity index (χ2n) is 5.54. The molecule has 2 heterocycles. The lowest BCUT2D eigenvalue weighted by molar-refractivity contribution is -0.142. The van der Waals surface area contributed by atoms with E-state index in [1.54, 1.807) is 6.33 Å². The molecule has 22 heavy (non-hydrogen) atoms. The van der Waals surface area contributed by atoms with Crippen LogP contribution in [0.2, 0.25) is 0 Å². The lowest BCUT2D eigenvalue weighted by Gasteiger charge is -2.29. The first-order chi connectivity index (χ1) is 10.3. The van der Waals surface area contributed by atoms with E-state index in [1.807, 2.05) is 18.4 Å². The standard InChI is InChI=1S/C13H22N4O4S/c1-10-11(2)16(9-14-10)7-5-15-22(20,21)17-6-3-4-12(8-17)13(18)19/h9,12,15H,3-8H2,1-2H3,(H,18,19). The molecule has 9 heteroatoms. The van der Waals surface area contributed by atoms with Crippen LogP contribution in [0.3, 0.4) is 0 Å². The molecule has 0 radical (unpaired) electrons. The predicted molar refractivity (Wildman–Crippen MR) is 80.6 cm³/mol. The fourth-order valence-electron chi connectivity index (χ4n) is 2.52. The zero-order valence-electron chi connectivity index (χ0n) is 12.8.